The van der Waals surface area contributed by atoms with Gasteiger partial charge in [0.05, 0.1) is 6.54 Å². The van der Waals surface area contributed by atoms with Crippen LogP contribution in [-0.4, -0.2) is 11.8 Å². The highest BCUT2D eigenvalue weighted by atomic mass is 35.5. The first-order chi connectivity index (χ1) is 10.0. The minimum absolute atomic E-state index is 0.137. The van der Waals surface area contributed by atoms with E-state index in [2.05, 4.69) is 0 Å². The summed E-state index contributed by atoms with van der Waals surface area (Å²) in [5.74, 6) is -0.703. The van der Waals surface area contributed by atoms with Crippen molar-refractivity contribution in [2.24, 2.45) is 0 Å². The number of carbonyl (C=O) groups is 1. The lowest BCUT2D eigenvalue weighted by atomic mass is 10.1. The zero-order chi connectivity index (χ0) is 15.4. The monoisotopic (exact) mass is 305 g/mol. The van der Waals surface area contributed by atoms with Crippen LogP contribution in [0.3, 0.4) is 0 Å². The molecule has 0 radical (unpaired) electrons. The van der Waals surface area contributed by atoms with Crippen LogP contribution in [0.1, 0.15) is 16.7 Å². The fourth-order valence-corrected chi connectivity index (χ4v) is 2.35. The molecule has 0 saturated heterocycles. The normalized spacial score (nSPS) is 10.5. The van der Waals surface area contributed by atoms with Gasteiger partial charge in [-0.2, -0.15) is 0 Å². The largest absolute Gasteiger partial charge is 0.307 e. The highest BCUT2D eigenvalue weighted by molar-refractivity contribution is 6.29. The predicted octanol–water partition coefficient (Wildman–Crippen LogP) is 4.21. The average molecular weight is 306 g/mol. The van der Waals surface area contributed by atoms with E-state index in [-0.39, 0.29) is 24.1 Å². The minimum Gasteiger partial charge on any atom is -0.307 e. The number of hydrogen-bond acceptors (Lipinski definition) is 1. The Morgan fingerprint density at radius 1 is 1.14 bits per heavy atom. The SMILES string of the molecule is Cc1cccc(N(Cc2ccccc2F)C(=O)CCl)c1C. The summed E-state index contributed by atoms with van der Waals surface area (Å²) in [7, 11) is 0. The number of benzene rings is 2. The van der Waals surface area contributed by atoms with Crippen molar-refractivity contribution in [3.05, 3.63) is 65.0 Å². The molecule has 110 valence electrons. The lowest BCUT2D eigenvalue weighted by Gasteiger charge is -2.25. The molecule has 0 N–H and O–H groups in total. The lowest BCUT2D eigenvalue weighted by Crippen LogP contribution is -2.32. The Morgan fingerprint density at radius 2 is 1.86 bits per heavy atom. The molecule has 0 spiro atoms. The molecule has 0 aromatic heterocycles. The van der Waals surface area contributed by atoms with Gasteiger partial charge >= 0.3 is 0 Å². The van der Waals surface area contributed by atoms with Crippen molar-refractivity contribution in [3.63, 3.8) is 0 Å². The Labute approximate surface area is 129 Å². The maximum atomic E-state index is 13.8. The Morgan fingerprint density at radius 3 is 2.52 bits per heavy atom. The molecule has 0 fully saturated rings. The van der Waals surface area contributed by atoms with Crippen LogP contribution in [0.15, 0.2) is 42.5 Å². The first-order valence-corrected chi connectivity index (χ1v) is 7.24. The lowest BCUT2D eigenvalue weighted by molar-refractivity contribution is -0.116. The summed E-state index contributed by atoms with van der Waals surface area (Å²) in [6.45, 7) is 4.09. The third-order valence-corrected chi connectivity index (χ3v) is 3.80. The molecule has 0 unspecified atom stereocenters. The molecule has 0 aliphatic heterocycles. The zero-order valence-electron chi connectivity index (χ0n) is 12.1. The number of halogens is 2. The van der Waals surface area contributed by atoms with E-state index < -0.39 is 0 Å². The van der Waals surface area contributed by atoms with E-state index in [0.29, 0.717) is 5.56 Å². The number of carbonyl (C=O) groups excluding carboxylic acids is 1. The van der Waals surface area contributed by atoms with Gasteiger partial charge in [0.25, 0.3) is 0 Å². The number of alkyl halides is 1. The Kier molecular flexibility index (Phi) is 4.97. The molecule has 2 aromatic carbocycles. The molecule has 2 rings (SSSR count). The van der Waals surface area contributed by atoms with E-state index in [4.69, 9.17) is 11.6 Å². The summed E-state index contributed by atoms with van der Waals surface area (Å²) >= 11 is 5.71. The Hall–Kier alpha value is -1.87. The highest BCUT2D eigenvalue weighted by Crippen LogP contribution is 2.25. The van der Waals surface area contributed by atoms with Crippen molar-refractivity contribution in [2.75, 3.05) is 10.8 Å². The summed E-state index contributed by atoms with van der Waals surface area (Å²) in [5, 5.41) is 0. The van der Waals surface area contributed by atoms with Crippen LogP contribution >= 0.6 is 11.6 Å². The van der Waals surface area contributed by atoms with Crippen LogP contribution in [-0.2, 0) is 11.3 Å². The molecule has 0 bridgehead atoms. The molecule has 1 amide bonds. The number of aryl methyl sites for hydroxylation is 1. The van der Waals surface area contributed by atoms with E-state index in [0.717, 1.165) is 16.8 Å². The number of amides is 1. The van der Waals surface area contributed by atoms with Crippen molar-refractivity contribution in [2.45, 2.75) is 20.4 Å². The maximum absolute atomic E-state index is 13.8. The summed E-state index contributed by atoms with van der Waals surface area (Å²) in [4.78, 5) is 13.7. The van der Waals surface area contributed by atoms with Crippen molar-refractivity contribution >= 4 is 23.2 Å². The molecule has 0 atom stereocenters. The molecule has 21 heavy (non-hydrogen) atoms. The van der Waals surface area contributed by atoms with E-state index in [1.165, 1.54) is 11.0 Å². The molecule has 4 heteroatoms. The van der Waals surface area contributed by atoms with Gasteiger partial charge in [0.2, 0.25) is 5.91 Å². The van der Waals surface area contributed by atoms with Gasteiger partial charge in [0.1, 0.15) is 11.7 Å². The summed E-state index contributed by atoms with van der Waals surface area (Å²) in [6.07, 6.45) is 0. The van der Waals surface area contributed by atoms with Crippen LogP contribution in [0.4, 0.5) is 10.1 Å². The van der Waals surface area contributed by atoms with Gasteiger partial charge in [0, 0.05) is 11.3 Å². The van der Waals surface area contributed by atoms with Crippen LogP contribution in [0.2, 0.25) is 0 Å². The molecule has 0 aliphatic carbocycles. The predicted molar refractivity (Wildman–Crippen MR) is 84.2 cm³/mol. The smallest absolute Gasteiger partial charge is 0.242 e. The van der Waals surface area contributed by atoms with Crippen LogP contribution in [0.5, 0.6) is 0 Å². The number of anilines is 1. The standard InChI is InChI=1S/C17H17ClFNO/c1-12-6-5-9-16(13(12)2)20(17(21)10-18)11-14-7-3-4-8-15(14)19/h3-9H,10-11H2,1-2H3. The first-order valence-electron chi connectivity index (χ1n) is 6.70. The number of rotatable bonds is 4. The quantitative estimate of drug-likeness (QED) is 0.775. The summed E-state index contributed by atoms with van der Waals surface area (Å²) in [6, 6.07) is 12.2. The fraction of sp³-hybridized carbons (Fsp3) is 0.235. The van der Waals surface area contributed by atoms with Crippen molar-refractivity contribution in [1.82, 2.24) is 0 Å². The molecule has 0 heterocycles. The van der Waals surface area contributed by atoms with Gasteiger partial charge in [-0.15, -0.1) is 11.6 Å². The van der Waals surface area contributed by atoms with Gasteiger partial charge < -0.3 is 4.90 Å². The Bertz CT molecular complexity index is 657. The van der Waals surface area contributed by atoms with Gasteiger partial charge in [-0.05, 0) is 37.1 Å². The molecule has 0 aliphatic rings. The topological polar surface area (TPSA) is 20.3 Å². The number of hydrogen-bond donors (Lipinski definition) is 0. The molecule has 2 aromatic rings. The third-order valence-electron chi connectivity index (χ3n) is 3.57. The van der Waals surface area contributed by atoms with Crippen LogP contribution < -0.4 is 4.90 Å². The molecular weight excluding hydrogens is 289 g/mol. The maximum Gasteiger partial charge on any atom is 0.242 e. The first kappa shape index (κ1) is 15.5. The van der Waals surface area contributed by atoms with E-state index >= 15 is 0 Å². The van der Waals surface area contributed by atoms with Crippen molar-refractivity contribution in [1.29, 1.82) is 0 Å². The second-order valence-corrected chi connectivity index (χ2v) is 5.19. The van der Waals surface area contributed by atoms with E-state index in [9.17, 15) is 9.18 Å². The fourth-order valence-electron chi connectivity index (χ4n) is 2.20. The average Bonchev–Trinajstić information content (AvgIpc) is 2.49. The third kappa shape index (κ3) is 3.42. The minimum atomic E-state index is -0.324. The van der Waals surface area contributed by atoms with Gasteiger partial charge in [-0.3, -0.25) is 4.79 Å². The summed E-state index contributed by atoms with van der Waals surface area (Å²) < 4.78 is 13.8. The second-order valence-electron chi connectivity index (χ2n) is 4.92. The van der Waals surface area contributed by atoms with Crippen LogP contribution in [0, 0.1) is 19.7 Å². The second kappa shape index (κ2) is 6.72. The summed E-state index contributed by atoms with van der Waals surface area (Å²) in [5.41, 5.74) is 3.31. The zero-order valence-corrected chi connectivity index (χ0v) is 12.8. The highest BCUT2D eigenvalue weighted by Gasteiger charge is 2.19. The van der Waals surface area contributed by atoms with Gasteiger partial charge in [-0.25, -0.2) is 4.39 Å². The van der Waals surface area contributed by atoms with E-state index in [1.807, 2.05) is 32.0 Å². The van der Waals surface area contributed by atoms with Crippen LogP contribution in [0.25, 0.3) is 0 Å². The molecular formula is C17H17ClFNO. The molecule has 0 saturated carbocycles. The number of nitrogens with zero attached hydrogens (tertiary/aromatic N) is 1. The van der Waals surface area contributed by atoms with Crippen molar-refractivity contribution in [3.8, 4) is 0 Å². The molecule has 2 nitrogen and oxygen atoms in total. The van der Waals surface area contributed by atoms with Crippen molar-refractivity contribution < 1.29 is 9.18 Å². The van der Waals surface area contributed by atoms with Gasteiger partial charge in [-0.1, -0.05) is 30.3 Å². The van der Waals surface area contributed by atoms with Gasteiger partial charge in [0.15, 0.2) is 0 Å². The Balaban J connectivity index is 2.42. The van der Waals surface area contributed by atoms with E-state index in [1.54, 1.807) is 18.2 Å².